The molecule has 1 heterocycles. The van der Waals surface area contributed by atoms with Gasteiger partial charge in [-0.05, 0) is 12.0 Å². The summed E-state index contributed by atoms with van der Waals surface area (Å²) in [5.41, 5.74) is 0. The highest BCUT2D eigenvalue weighted by atomic mass is 17.0. The van der Waals surface area contributed by atoms with Gasteiger partial charge in [0.05, 0.1) is 6.54 Å². The number of hydrogen-bond acceptors (Lipinski definition) is 3. The molecule has 48 valence electrons. The van der Waals surface area contributed by atoms with Crippen molar-refractivity contribution in [1.29, 1.82) is 0 Å². The topological polar surface area (TPSA) is 75.0 Å². The molecule has 0 radical (unpaired) electrons. The van der Waals surface area contributed by atoms with Crippen molar-refractivity contribution in [1.82, 2.24) is 15.2 Å². The zero-order valence-corrected chi connectivity index (χ0v) is 4.33. The fourth-order valence-electron chi connectivity index (χ4n) is 0.315. The molecule has 0 aromatic carbocycles. The third-order valence-corrected chi connectivity index (χ3v) is 0.670. The summed E-state index contributed by atoms with van der Waals surface area (Å²) in [5.74, 6) is 0. The summed E-state index contributed by atoms with van der Waals surface area (Å²) in [6, 6.07) is 0. The highest BCUT2D eigenvalue weighted by Gasteiger charge is 1.77. The number of nitrogens with one attached hydrogen (secondary N) is 1. The summed E-state index contributed by atoms with van der Waals surface area (Å²) in [5, 5.41) is 12.1. The van der Waals surface area contributed by atoms with Crippen LogP contribution >= 0.6 is 0 Å². The minimum Gasteiger partial charge on any atom is -0.350 e. The first kappa shape index (κ1) is 4.95. The van der Waals surface area contributed by atoms with Crippen LogP contribution in [0.5, 0.6) is 0 Å². The van der Waals surface area contributed by atoms with E-state index in [9.17, 15) is 5.21 Å². The normalized spacial score (nSPS) is 9.62. The van der Waals surface area contributed by atoms with Crippen molar-refractivity contribution in [2.45, 2.75) is 13.5 Å². The van der Waals surface area contributed by atoms with E-state index in [1.165, 1.54) is 0 Å². The molecule has 0 saturated heterocycles. The minimum absolute atomic E-state index is 0.0243. The van der Waals surface area contributed by atoms with Crippen LogP contribution in [0.15, 0.2) is 9.26 Å². The number of aromatic nitrogens is 3. The Morgan fingerprint density at radius 2 is 2.50 bits per heavy atom. The van der Waals surface area contributed by atoms with Gasteiger partial charge in [0.1, 0.15) is 0 Å². The molecule has 6 nitrogen and oxygen atoms in total. The van der Waals surface area contributed by atoms with Crippen LogP contribution in [0.4, 0.5) is 0 Å². The first-order valence-corrected chi connectivity index (χ1v) is 2.18. The molecule has 8 heavy (non-hydrogen) atoms. The lowest BCUT2D eigenvalue weighted by Gasteiger charge is -1.91. The van der Waals surface area contributed by atoms with E-state index < -0.39 is 0 Å². The van der Waals surface area contributed by atoms with Crippen LogP contribution in [0.2, 0.25) is 0 Å². The van der Waals surface area contributed by atoms with Crippen LogP contribution in [0.3, 0.4) is 0 Å². The Bertz CT molecular complexity index is 173. The van der Waals surface area contributed by atoms with E-state index in [2.05, 4.69) is 14.5 Å². The molecule has 1 aromatic rings. The maximum absolute atomic E-state index is 9.98. The third kappa shape index (κ3) is 0.722. The molecule has 0 atom stereocenters. The molecule has 0 fully saturated rings. The van der Waals surface area contributed by atoms with Gasteiger partial charge in [0.2, 0.25) is 0 Å². The van der Waals surface area contributed by atoms with E-state index in [1.807, 2.05) is 0 Å². The number of rotatable bonds is 1. The summed E-state index contributed by atoms with van der Waals surface area (Å²) < 4.78 is 8.38. The van der Waals surface area contributed by atoms with Crippen LogP contribution in [0.1, 0.15) is 6.92 Å². The summed E-state index contributed by atoms with van der Waals surface area (Å²) in [6.45, 7) is 2.34. The van der Waals surface area contributed by atoms with Crippen molar-refractivity contribution in [3.8, 4) is 0 Å². The Balaban J connectivity index is 2.84. The van der Waals surface area contributed by atoms with Gasteiger partial charge in [-0.15, -0.1) is 0 Å². The van der Waals surface area contributed by atoms with Gasteiger partial charge in [-0.2, -0.15) is 10.1 Å². The number of hydrogen-bond donors (Lipinski definition) is 1. The van der Waals surface area contributed by atoms with Crippen molar-refractivity contribution in [2.24, 2.45) is 0 Å². The van der Waals surface area contributed by atoms with E-state index >= 15 is 0 Å². The third-order valence-electron chi connectivity index (χ3n) is 0.670. The molecular weight excluding hydrogens is 114 g/mol. The van der Waals surface area contributed by atoms with E-state index in [1.54, 1.807) is 6.92 Å². The van der Waals surface area contributed by atoms with Crippen LogP contribution < -0.4 is 0 Å². The lowest BCUT2D eigenvalue weighted by molar-refractivity contribution is 0.0825. The highest BCUT2D eigenvalue weighted by molar-refractivity contribution is 4.16. The Hall–Kier alpha value is -1.20. The Kier molecular flexibility index (Phi) is 1.07. The van der Waals surface area contributed by atoms with Gasteiger partial charge >= 0.3 is 0 Å². The average Bonchev–Trinajstić information content (AvgIpc) is 2.14. The summed E-state index contributed by atoms with van der Waals surface area (Å²) >= 11 is 0. The van der Waals surface area contributed by atoms with Crippen molar-refractivity contribution in [3.63, 3.8) is 0 Å². The van der Waals surface area contributed by atoms with E-state index in [-0.39, 0.29) is 5.08 Å². The summed E-state index contributed by atoms with van der Waals surface area (Å²) in [7, 11) is 0. The average molecular weight is 120 g/mol. The van der Waals surface area contributed by atoms with Crippen LogP contribution in [0.25, 0.3) is 0 Å². The lowest BCUT2D eigenvalue weighted by atomic mass is 10.8. The maximum Gasteiger partial charge on any atom is 0.0578 e. The largest absolute Gasteiger partial charge is 0.350 e. The number of aromatic amines is 1. The summed E-state index contributed by atoms with van der Waals surface area (Å²) in [6.07, 6.45) is 0. The Labute approximate surface area is 44.4 Å². The fraction of sp³-hybridized carbons (Fsp3) is 1.00. The van der Waals surface area contributed by atoms with Gasteiger partial charge in [-0.25, -0.2) is 0 Å². The van der Waals surface area contributed by atoms with Gasteiger partial charge in [-0.3, -0.25) is 0 Å². The Morgan fingerprint density at radius 3 is 2.75 bits per heavy atom. The first-order valence-electron chi connectivity index (χ1n) is 2.18. The molecule has 1 rings (SSSR count). The van der Waals surface area contributed by atoms with Crippen molar-refractivity contribution in [3.05, 3.63) is 5.21 Å². The predicted octanol–water partition coefficient (Wildman–Crippen LogP) is 0.294. The van der Waals surface area contributed by atoms with E-state index in [0.717, 1.165) is 4.85 Å². The number of nitrogens with zero attached hydrogens (tertiary/aromatic N) is 2. The van der Waals surface area contributed by atoms with E-state index in [0.29, 0.717) is 6.54 Å². The molecule has 0 aliphatic heterocycles. The maximum atomic E-state index is 9.98. The minimum atomic E-state index is -0.0243. The second-order valence-corrected chi connectivity index (χ2v) is 1.18. The molecule has 0 bridgehead atoms. The molecule has 1 aromatic heterocycles. The second-order valence-electron chi connectivity index (χ2n) is 1.18. The number of H-pyrrole nitrogens is 1. The molecule has 6 heteroatoms. The zero-order chi connectivity index (χ0) is 5.98. The number of aryl methyl sites for hydroxylation is 1. The fourth-order valence-corrected chi connectivity index (χ4v) is 0.315. The SMILES string of the molecule is CCn1[nH]on([O-])o1. The smallest absolute Gasteiger partial charge is 0.0578 e. The van der Waals surface area contributed by atoms with Crippen LogP contribution in [-0.4, -0.2) is 15.2 Å². The monoisotopic (exact) mass is 120 g/mol. The second kappa shape index (κ2) is 1.73. The molecule has 0 aliphatic rings. The predicted molar refractivity (Wildman–Crippen MR) is 23.4 cm³/mol. The zero-order valence-electron chi connectivity index (χ0n) is 4.33. The van der Waals surface area contributed by atoms with Gasteiger partial charge in [-0.1, -0.05) is 0 Å². The molecule has 0 spiro atoms. The van der Waals surface area contributed by atoms with Gasteiger partial charge in [0.15, 0.2) is 0 Å². The van der Waals surface area contributed by atoms with Crippen molar-refractivity contribution >= 4 is 0 Å². The van der Waals surface area contributed by atoms with Gasteiger partial charge < -0.3 is 14.5 Å². The molecule has 0 unspecified atom stereocenters. The molecule has 0 aliphatic carbocycles. The summed E-state index contributed by atoms with van der Waals surface area (Å²) in [4.78, 5) is 1.15. The standard InChI is InChI=1S/C2H6N3O3/c1-2-4-3-7-5(6)8-4/h3H,2H2,1H3/q-1. The van der Waals surface area contributed by atoms with Crippen molar-refractivity contribution in [2.75, 3.05) is 0 Å². The Morgan fingerprint density at radius 1 is 1.75 bits per heavy atom. The van der Waals surface area contributed by atoms with Gasteiger partial charge in [0, 0.05) is 0 Å². The van der Waals surface area contributed by atoms with Crippen molar-refractivity contribution < 1.29 is 9.26 Å². The van der Waals surface area contributed by atoms with E-state index in [4.69, 9.17) is 0 Å². The molecule has 1 N–H and O–H groups in total. The van der Waals surface area contributed by atoms with Crippen LogP contribution in [0, 0.1) is 5.21 Å². The quantitative estimate of drug-likeness (QED) is 0.578. The first-order chi connectivity index (χ1) is 3.83. The van der Waals surface area contributed by atoms with Gasteiger partial charge in [0.25, 0.3) is 0 Å². The highest BCUT2D eigenvalue weighted by Crippen LogP contribution is 1.81. The lowest BCUT2D eigenvalue weighted by Crippen LogP contribution is -1.92. The molecule has 0 saturated carbocycles. The molecule has 0 amide bonds. The van der Waals surface area contributed by atoms with Crippen LogP contribution in [-0.2, 0) is 6.54 Å². The molecular formula is C2H6N3O3-.